The molecule has 1 aromatic heterocycles. The minimum Gasteiger partial charge on any atom is -0.395 e. The van der Waals surface area contributed by atoms with Gasteiger partial charge in [-0.1, -0.05) is 0 Å². The number of nitrogens with zero attached hydrogens (tertiary/aromatic N) is 2. The van der Waals surface area contributed by atoms with Gasteiger partial charge in [-0.25, -0.2) is 9.78 Å². The number of aryl methyl sites for hydroxylation is 2. The highest BCUT2D eigenvalue weighted by molar-refractivity contribution is 7.11. The van der Waals surface area contributed by atoms with Crippen LogP contribution in [0.15, 0.2) is 0 Å². The lowest BCUT2D eigenvalue weighted by Gasteiger charge is -2.21. The van der Waals surface area contributed by atoms with Crippen LogP contribution in [0.25, 0.3) is 0 Å². The number of nitrogens with one attached hydrogen (secondary N) is 1. The molecule has 5 nitrogen and oxygen atoms in total. The van der Waals surface area contributed by atoms with E-state index in [-0.39, 0.29) is 12.6 Å². The van der Waals surface area contributed by atoms with Gasteiger partial charge in [-0.05, 0) is 38.5 Å². The third-order valence-corrected chi connectivity index (χ3v) is 5.31. The Morgan fingerprint density at radius 3 is 2.90 bits per heavy atom. The summed E-state index contributed by atoms with van der Waals surface area (Å²) in [6, 6.07) is 0.289. The molecule has 0 spiro atoms. The fourth-order valence-electron chi connectivity index (χ4n) is 2.83. The second kappa shape index (κ2) is 6.75. The Bertz CT molecular complexity index is 476. The van der Waals surface area contributed by atoms with Gasteiger partial charge in [0, 0.05) is 30.4 Å². The van der Waals surface area contributed by atoms with Gasteiger partial charge < -0.3 is 15.3 Å². The lowest BCUT2D eigenvalue weighted by atomic mass is 10.0. The standard InChI is InChI=1S/C15H23N3O2S/c19-10-9-18(11-5-6-11)15(20)16-8-7-14-17-12-3-1-2-4-13(12)21-14/h11,19H,1-10H2,(H,16,20). The van der Waals surface area contributed by atoms with Gasteiger partial charge in [0.2, 0.25) is 0 Å². The first kappa shape index (κ1) is 14.8. The van der Waals surface area contributed by atoms with Crippen molar-refractivity contribution < 1.29 is 9.90 Å². The van der Waals surface area contributed by atoms with Crippen molar-refractivity contribution in [1.82, 2.24) is 15.2 Å². The lowest BCUT2D eigenvalue weighted by Crippen LogP contribution is -2.43. The number of aliphatic hydroxyl groups excluding tert-OH is 1. The first-order valence-corrected chi connectivity index (χ1v) is 8.72. The van der Waals surface area contributed by atoms with Crippen LogP contribution in [-0.2, 0) is 19.3 Å². The molecule has 21 heavy (non-hydrogen) atoms. The van der Waals surface area contributed by atoms with Gasteiger partial charge in [0.05, 0.1) is 17.3 Å². The van der Waals surface area contributed by atoms with E-state index in [9.17, 15) is 4.79 Å². The number of hydrogen-bond donors (Lipinski definition) is 2. The Kier molecular flexibility index (Phi) is 4.75. The smallest absolute Gasteiger partial charge is 0.317 e. The quantitative estimate of drug-likeness (QED) is 0.841. The molecule has 0 bridgehead atoms. The van der Waals surface area contributed by atoms with Crippen molar-refractivity contribution in [1.29, 1.82) is 0 Å². The number of amides is 2. The number of carbonyl (C=O) groups excluding carboxylic acids is 1. The topological polar surface area (TPSA) is 65.5 Å². The number of thiazole rings is 1. The molecule has 2 aliphatic carbocycles. The zero-order chi connectivity index (χ0) is 14.7. The number of rotatable bonds is 6. The minimum absolute atomic E-state index is 0.0309. The van der Waals surface area contributed by atoms with Crippen molar-refractivity contribution in [3.63, 3.8) is 0 Å². The number of carbonyl (C=O) groups is 1. The summed E-state index contributed by atoms with van der Waals surface area (Å²) in [5, 5.41) is 13.1. The fourth-order valence-corrected chi connectivity index (χ4v) is 3.99. The van der Waals surface area contributed by atoms with Crippen LogP contribution in [0, 0.1) is 0 Å². The van der Waals surface area contributed by atoms with Crippen LogP contribution < -0.4 is 5.32 Å². The van der Waals surface area contributed by atoms with E-state index in [2.05, 4.69) is 10.3 Å². The van der Waals surface area contributed by atoms with Crippen LogP contribution in [-0.4, -0.2) is 46.8 Å². The zero-order valence-electron chi connectivity index (χ0n) is 12.3. The van der Waals surface area contributed by atoms with Gasteiger partial charge in [-0.3, -0.25) is 0 Å². The molecule has 2 N–H and O–H groups in total. The summed E-state index contributed by atoms with van der Waals surface area (Å²) in [6.07, 6.45) is 7.75. The van der Waals surface area contributed by atoms with E-state index in [4.69, 9.17) is 5.11 Å². The van der Waals surface area contributed by atoms with Gasteiger partial charge >= 0.3 is 6.03 Å². The Morgan fingerprint density at radius 1 is 1.38 bits per heavy atom. The SMILES string of the molecule is O=C(NCCc1nc2c(s1)CCCC2)N(CCO)C1CC1. The van der Waals surface area contributed by atoms with Crippen molar-refractivity contribution in [2.45, 2.75) is 51.0 Å². The normalized spacial score (nSPS) is 17.4. The molecule has 0 atom stereocenters. The molecule has 0 aromatic carbocycles. The highest BCUT2D eigenvalue weighted by Gasteiger charge is 2.31. The largest absolute Gasteiger partial charge is 0.395 e. The number of aromatic nitrogens is 1. The maximum absolute atomic E-state index is 12.1. The molecule has 2 amide bonds. The summed E-state index contributed by atoms with van der Waals surface area (Å²) >= 11 is 1.81. The van der Waals surface area contributed by atoms with Crippen molar-refractivity contribution in [3.8, 4) is 0 Å². The number of aliphatic hydroxyl groups is 1. The molecule has 0 saturated heterocycles. The van der Waals surface area contributed by atoms with Crippen molar-refractivity contribution in [3.05, 3.63) is 15.6 Å². The summed E-state index contributed by atoms with van der Waals surface area (Å²) in [6.45, 7) is 1.09. The molecule has 1 aromatic rings. The molecular weight excluding hydrogens is 286 g/mol. The molecule has 0 unspecified atom stereocenters. The zero-order valence-corrected chi connectivity index (χ0v) is 13.1. The molecule has 6 heteroatoms. The summed E-state index contributed by atoms with van der Waals surface area (Å²) in [7, 11) is 0. The van der Waals surface area contributed by atoms with Crippen LogP contribution in [0.1, 0.15) is 41.3 Å². The Labute approximate surface area is 129 Å². The van der Waals surface area contributed by atoms with Crippen molar-refractivity contribution in [2.24, 2.45) is 0 Å². The minimum atomic E-state index is -0.0483. The second-order valence-electron chi connectivity index (χ2n) is 5.81. The fraction of sp³-hybridized carbons (Fsp3) is 0.733. The summed E-state index contributed by atoms with van der Waals surface area (Å²) < 4.78 is 0. The number of urea groups is 1. The Hall–Kier alpha value is -1.14. The van der Waals surface area contributed by atoms with Crippen LogP contribution >= 0.6 is 11.3 Å². The molecule has 1 saturated carbocycles. The van der Waals surface area contributed by atoms with E-state index in [1.165, 1.54) is 29.8 Å². The molecule has 1 heterocycles. The summed E-state index contributed by atoms with van der Waals surface area (Å²) in [4.78, 5) is 20.0. The van der Waals surface area contributed by atoms with Crippen molar-refractivity contribution in [2.75, 3.05) is 19.7 Å². The summed E-state index contributed by atoms with van der Waals surface area (Å²) in [5.41, 5.74) is 1.28. The number of hydrogen-bond acceptors (Lipinski definition) is 4. The maximum Gasteiger partial charge on any atom is 0.317 e. The molecule has 0 aliphatic heterocycles. The molecule has 2 aliphatic rings. The molecule has 0 radical (unpaired) electrons. The molecule has 3 rings (SSSR count). The van der Waals surface area contributed by atoms with Gasteiger partial charge in [-0.15, -0.1) is 11.3 Å². The predicted molar refractivity (Wildman–Crippen MR) is 82.7 cm³/mol. The van der Waals surface area contributed by atoms with Crippen molar-refractivity contribution >= 4 is 17.4 Å². The van der Waals surface area contributed by atoms with E-state index in [0.29, 0.717) is 19.1 Å². The lowest BCUT2D eigenvalue weighted by molar-refractivity contribution is 0.174. The van der Waals surface area contributed by atoms with Gasteiger partial charge in [0.15, 0.2) is 0 Å². The first-order valence-electron chi connectivity index (χ1n) is 7.90. The van der Waals surface area contributed by atoms with Crippen LogP contribution in [0.3, 0.4) is 0 Å². The highest BCUT2D eigenvalue weighted by Crippen LogP contribution is 2.27. The second-order valence-corrected chi connectivity index (χ2v) is 6.98. The average Bonchev–Trinajstić information content (AvgIpc) is 3.23. The van der Waals surface area contributed by atoms with E-state index in [1.54, 1.807) is 4.90 Å². The van der Waals surface area contributed by atoms with Gasteiger partial charge in [0.1, 0.15) is 0 Å². The van der Waals surface area contributed by atoms with E-state index in [0.717, 1.165) is 30.7 Å². The first-order chi connectivity index (χ1) is 10.3. The van der Waals surface area contributed by atoms with Crippen LogP contribution in [0.2, 0.25) is 0 Å². The van der Waals surface area contributed by atoms with Crippen LogP contribution in [0.5, 0.6) is 0 Å². The molecular formula is C15H23N3O2S. The third-order valence-electron chi connectivity index (χ3n) is 4.09. The Morgan fingerprint density at radius 2 is 2.19 bits per heavy atom. The highest BCUT2D eigenvalue weighted by atomic mass is 32.1. The molecule has 116 valence electrons. The summed E-state index contributed by atoms with van der Waals surface area (Å²) in [5.74, 6) is 0. The predicted octanol–water partition coefficient (Wildman–Crippen LogP) is 1.73. The van der Waals surface area contributed by atoms with Gasteiger partial charge in [0.25, 0.3) is 0 Å². The third kappa shape index (κ3) is 3.74. The average molecular weight is 309 g/mol. The molecule has 1 fully saturated rings. The van der Waals surface area contributed by atoms with E-state index >= 15 is 0 Å². The van der Waals surface area contributed by atoms with Gasteiger partial charge in [-0.2, -0.15) is 0 Å². The monoisotopic (exact) mass is 309 g/mol. The number of fused-ring (bicyclic) bond motifs is 1. The Balaban J connectivity index is 1.46. The maximum atomic E-state index is 12.1. The van der Waals surface area contributed by atoms with Crippen LogP contribution in [0.4, 0.5) is 4.79 Å². The van der Waals surface area contributed by atoms with E-state index < -0.39 is 0 Å². The van der Waals surface area contributed by atoms with E-state index in [1.807, 2.05) is 11.3 Å².